The Balaban J connectivity index is 1.46. The van der Waals surface area contributed by atoms with Crippen LogP contribution in [-0.4, -0.2) is 48.9 Å². The van der Waals surface area contributed by atoms with Crippen LogP contribution in [0.5, 0.6) is 0 Å². The van der Waals surface area contributed by atoms with E-state index >= 15 is 0 Å². The summed E-state index contributed by atoms with van der Waals surface area (Å²) >= 11 is 0. The van der Waals surface area contributed by atoms with E-state index in [1.807, 2.05) is 11.0 Å². The standard InChI is InChI=1S/C16H24N2O2/c1-12-11-14(12)15-5-3-13(20-15)4-6-16(19)18-9-7-17(2)8-10-18/h3,5,12,14H,4,6-11H2,1-2H3. The number of furan rings is 1. The molecular formula is C16H24N2O2. The topological polar surface area (TPSA) is 36.7 Å². The summed E-state index contributed by atoms with van der Waals surface area (Å²) in [6.45, 7) is 5.94. The summed E-state index contributed by atoms with van der Waals surface area (Å²) in [5, 5.41) is 0. The maximum Gasteiger partial charge on any atom is 0.223 e. The molecule has 3 rings (SSSR count). The molecule has 1 aliphatic carbocycles. The van der Waals surface area contributed by atoms with Gasteiger partial charge in [0.2, 0.25) is 5.91 Å². The monoisotopic (exact) mass is 276 g/mol. The number of rotatable bonds is 4. The van der Waals surface area contributed by atoms with Crippen molar-refractivity contribution in [2.45, 2.75) is 32.1 Å². The van der Waals surface area contributed by atoms with E-state index in [9.17, 15) is 4.79 Å². The summed E-state index contributed by atoms with van der Waals surface area (Å²) in [6, 6.07) is 4.13. The fourth-order valence-electron chi connectivity index (χ4n) is 2.89. The second-order valence-corrected chi connectivity index (χ2v) is 6.31. The Labute approximate surface area is 120 Å². The van der Waals surface area contributed by atoms with Gasteiger partial charge in [0.1, 0.15) is 11.5 Å². The van der Waals surface area contributed by atoms with Crippen molar-refractivity contribution in [2.75, 3.05) is 33.2 Å². The number of aryl methyl sites for hydroxylation is 1. The van der Waals surface area contributed by atoms with Gasteiger partial charge in [-0.25, -0.2) is 0 Å². The third-order valence-electron chi connectivity index (χ3n) is 4.60. The normalized spacial score (nSPS) is 26.8. The summed E-state index contributed by atoms with van der Waals surface area (Å²) in [5.74, 6) is 3.72. The molecule has 0 bridgehead atoms. The predicted molar refractivity (Wildman–Crippen MR) is 77.6 cm³/mol. The van der Waals surface area contributed by atoms with E-state index in [0.29, 0.717) is 12.3 Å². The average Bonchev–Trinajstić information content (AvgIpc) is 3.00. The zero-order chi connectivity index (χ0) is 14.1. The number of likely N-dealkylation sites (N-methyl/N-ethyl adjacent to an activating group) is 1. The number of carbonyl (C=O) groups is 1. The van der Waals surface area contributed by atoms with Gasteiger partial charge >= 0.3 is 0 Å². The third kappa shape index (κ3) is 3.06. The van der Waals surface area contributed by atoms with Crippen LogP contribution in [0.4, 0.5) is 0 Å². The van der Waals surface area contributed by atoms with Crippen molar-refractivity contribution < 1.29 is 9.21 Å². The van der Waals surface area contributed by atoms with Gasteiger partial charge in [-0.3, -0.25) is 4.79 Å². The van der Waals surface area contributed by atoms with Crippen LogP contribution < -0.4 is 0 Å². The molecule has 110 valence electrons. The lowest BCUT2D eigenvalue weighted by atomic mass is 10.2. The summed E-state index contributed by atoms with van der Waals surface area (Å²) in [4.78, 5) is 16.4. The van der Waals surface area contributed by atoms with Gasteiger partial charge in [0.05, 0.1) is 0 Å². The van der Waals surface area contributed by atoms with Crippen LogP contribution in [0.2, 0.25) is 0 Å². The number of amides is 1. The molecule has 0 aromatic carbocycles. The van der Waals surface area contributed by atoms with Crippen molar-refractivity contribution >= 4 is 5.91 Å². The first kappa shape index (κ1) is 13.7. The van der Waals surface area contributed by atoms with Crippen LogP contribution in [0.15, 0.2) is 16.5 Å². The fourth-order valence-corrected chi connectivity index (χ4v) is 2.89. The van der Waals surface area contributed by atoms with E-state index in [1.165, 1.54) is 6.42 Å². The molecular weight excluding hydrogens is 252 g/mol. The highest BCUT2D eigenvalue weighted by Gasteiger charge is 2.36. The Hall–Kier alpha value is -1.29. The van der Waals surface area contributed by atoms with Crippen LogP contribution in [-0.2, 0) is 11.2 Å². The Kier molecular flexibility index (Phi) is 3.83. The second kappa shape index (κ2) is 5.60. The van der Waals surface area contributed by atoms with E-state index < -0.39 is 0 Å². The average molecular weight is 276 g/mol. The number of carbonyl (C=O) groups excluding carboxylic acids is 1. The van der Waals surface area contributed by atoms with Crippen molar-refractivity contribution in [3.8, 4) is 0 Å². The van der Waals surface area contributed by atoms with Gasteiger partial charge in [-0.15, -0.1) is 0 Å². The molecule has 1 aliphatic heterocycles. The molecule has 0 spiro atoms. The van der Waals surface area contributed by atoms with Gasteiger partial charge in [0.15, 0.2) is 0 Å². The second-order valence-electron chi connectivity index (χ2n) is 6.31. The van der Waals surface area contributed by atoms with E-state index in [4.69, 9.17) is 4.42 Å². The smallest absolute Gasteiger partial charge is 0.223 e. The van der Waals surface area contributed by atoms with Crippen molar-refractivity contribution in [3.05, 3.63) is 23.7 Å². The van der Waals surface area contributed by atoms with Crippen LogP contribution >= 0.6 is 0 Å². The lowest BCUT2D eigenvalue weighted by Crippen LogP contribution is -2.47. The van der Waals surface area contributed by atoms with E-state index in [1.54, 1.807) is 0 Å². The molecule has 2 aliphatic rings. The quantitative estimate of drug-likeness (QED) is 0.845. The van der Waals surface area contributed by atoms with Gasteiger partial charge in [-0.1, -0.05) is 6.92 Å². The summed E-state index contributed by atoms with van der Waals surface area (Å²) in [6.07, 6.45) is 2.54. The molecule has 20 heavy (non-hydrogen) atoms. The molecule has 2 unspecified atom stereocenters. The first-order chi connectivity index (χ1) is 9.63. The third-order valence-corrected chi connectivity index (χ3v) is 4.60. The Morgan fingerprint density at radius 1 is 1.30 bits per heavy atom. The van der Waals surface area contributed by atoms with E-state index in [0.717, 1.165) is 50.0 Å². The zero-order valence-electron chi connectivity index (χ0n) is 12.5. The van der Waals surface area contributed by atoms with E-state index in [-0.39, 0.29) is 5.91 Å². The highest BCUT2D eigenvalue weighted by Crippen LogP contribution is 2.47. The Bertz CT molecular complexity index is 475. The highest BCUT2D eigenvalue weighted by molar-refractivity contribution is 5.76. The summed E-state index contributed by atoms with van der Waals surface area (Å²) in [7, 11) is 2.10. The molecule has 1 aromatic heterocycles. The van der Waals surface area contributed by atoms with Crippen molar-refractivity contribution in [1.82, 2.24) is 9.80 Å². The molecule has 0 N–H and O–H groups in total. The van der Waals surface area contributed by atoms with Gasteiger partial charge < -0.3 is 14.2 Å². The van der Waals surface area contributed by atoms with Crippen molar-refractivity contribution in [3.63, 3.8) is 0 Å². The van der Waals surface area contributed by atoms with Crippen LogP contribution in [0.25, 0.3) is 0 Å². The van der Waals surface area contributed by atoms with Gasteiger partial charge in [-0.05, 0) is 31.5 Å². The maximum atomic E-state index is 12.1. The fraction of sp³-hybridized carbons (Fsp3) is 0.688. The lowest BCUT2D eigenvalue weighted by molar-refractivity contribution is -0.132. The first-order valence-electron chi connectivity index (χ1n) is 7.68. The van der Waals surface area contributed by atoms with Crippen LogP contribution in [0.1, 0.15) is 37.2 Å². The minimum Gasteiger partial charge on any atom is -0.466 e. The number of hydrogen-bond donors (Lipinski definition) is 0. The molecule has 2 heterocycles. The Morgan fingerprint density at radius 3 is 2.65 bits per heavy atom. The zero-order valence-corrected chi connectivity index (χ0v) is 12.5. The summed E-state index contributed by atoms with van der Waals surface area (Å²) < 4.78 is 5.85. The maximum absolute atomic E-state index is 12.1. The first-order valence-corrected chi connectivity index (χ1v) is 7.68. The molecule has 1 saturated heterocycles. The molecule has 1 saturated carbocycles. The number of hydrogen-bond acceptors (Lipinski definition) is 3. The van der Waals surface area contributed by atoms with Gasteiger partial charge in [-0.2, -0.15) is 0 Å². The molecule has 1 amide bonds. The molecule has 2 fully saturated rings. The lowest BCUT2D eigenvalue weighted by Gasteiger charge is -2.32. The SMILES string of the molecule is CC1CC1c1ccc(CCC(=O)N2CCN(C)CC2)o1. The van der Waals surface area contributed by atoms with Crippen molar-refractivity contribution in [1.29, 1.82) is 0 Å². The minimum absolute atomic E-state index is 0.260. The molecule has 2 atom stereocenters. The molecule has 4 nitrogen and oxygen atoms in total. The van der Waals surface area contributed by atoms with E-state index in [2.05, 4.69) is 24.9 Å². The molecule has 1 aromatic rings. The number of piperazine rings is 1. The van der Waals surface area contributed by atoms with Crippen molar-refractivity contribution in [2.24, 2.45) is 5.92 Å². The minimum atomic E-state index is 0.260. The van der Waals surface area contributed by atoms with Crippen LogP contribution in [0, 0.1) is 5.92 Å². The Morgan fingerprint density at radius 2 is 2.00 bits per heavy atom. The predicted octanol–water partition coefficient (Wildman–Crippen LogP) is 2.11. The summed E-state index contributed by atoms with van der Waals surface area (Å²) in [5.41, 5.74) is 0. The number of nitrogens with zero attached hydrogens (tertiary/aromatic N) is 2. The molecule has 4 heteroatoms. The van der Waals surface area contributed by atoms with Crippen LogP contribution in [0.3, 0.4) is 0 Å². The molecule has 0 radical (unpaired) electrons. The highest BCUT2D eigenvalue weighted by atomic mass is 16.3. The van der Waals surface area contributed by atoms with Gasteiger partial charge in [0, 0.05) is 44.9 Å². The van der Waals surface area contributed by atoms with Gasteiger partial charge in [0.25, 0.3) is 0 Å². The largest absolute Gasteiger partial charge is 0.466 e.